The van der Waals surface area contributed by atoms with Crippen molar-refractivity contribution in [3.63, 3.8) is 0 Å². The van der Waals surface area contributed by atoms with Gasteiger partial charge in [-0.15, -0.1) is 5.76 Å². The molecule has 0 saturated carbocycles. The molecule has 0 atom stereocenters. The molecule has 0 saturated heterocycles. The van der Waals surface area contributed by atoms with E-state index in [1.807, 2.05) is 0 Å². The maximum Gasteiger partial charge on any atom is -0.0473 e. The van der Waals surface area contributed by atoms with Crippen LogP contribution in [0.3, 0.4) is 0 Å². The maximum atomic E-state index is 10.0. The molecule has 0 aromatic heterocycles. The van der Waals surface area contributed by atoms with Gasteiger partial charge in [-0.05, 0) is 6.92 Å². The second-order valence-corrected chi connectivity index (χ2v) is 0.895. The van der Waals surface area contributed by atoms with Crippen molar-refractivity contribution in [3.8, 4) is 0 Å². The SMILES string of the molecule is C=CC([O-])=CC. The van der Waals surface area contributed by atoms with Crippen LogP contribution in [0.25, 0.3) is 0 Å². The van der Waals surface area contributed by atoms with E-state index in [9.17, 15) is 5.11 Å². The van der Waals surface area contributed by atoms with Crippen LogP contribution in [0.5, 0.6) is 0 Å². The summed E-state index contributed by atoms with van der Waals surface area (Å²) in [5.74, 6) is -0.0185. The van der Waals surface area contributed by atoms with E-state index in [2.05, 4.69) is 6.58 Å². The van der Waals surface area contributed by atoms with Crippen LogP contribution in [0.1, 0.15) is 6.92 Å². The lowest BCUT2D eigenvalue weighted by Gasteiger charge is -1.98. The molecule has 0 aliphatic heterocycles. The molecular formula is C5H7O-. The molecule has 0 aromatic carbocycles. The van der Waals surface area contributed by atoms with Gasteiger partial charge < -0.3 is 5.11 Å². The lowest BCUT2D eigenvalue weighted by molar-refractivity contribution is -0.295. The Morgan fingerprint density at radius 2 is 2.33 bits per heavy atom. The van der Waals surface area contributed by atoms with Crippen LogP contribution in [0.4, 0.5) is 0 Å². The van der Waals surface area contributed by atoms with Gasteiger partial charge in [-0.3, -0.25) is 0 Å². The molecule has 0 bridgehead atoms. The molecule has 0 unspecified atom stereocenters. The second-order valence-electron chi connectivity index (χ2n) is 0.895. The molecule has 0 aromatic rings. The molecular weight excluding hydrogens is 76.1 g/mol. The Morgan fingerprint density at radius 1 is 1.83 bits per heavy atom. The van der Waals surface area contributed by atoms with Gasteiger partial charge in [-0.2, -0.15) is 0 Å². The van der Waals surface area contributed by atoms with E-state index in [0.717, 1.165) is 0 Å². The Labute approximate surface area is 37.6 Å². The van der Waals surface area contributed by atoms with Gasteiger partial charge in [0, 0.05) is 0 Å². The molecule has 1 heteroatoms. The molecule has 34 valence electrons. The molecule has 0 radical (unpaired) electrons. The van der Waals surface area contributed by atoms with E-state index in [1.165, 1.54) is 12.2 Å². The van der Waals surface area contributed by atoms with Gasteiger partial charge in [0.15, 0.2) is 0 Å². The zero-order valence-corrected chi connectivity index (χ0v) is 3.77. The monoisotopic (exact) mass is 83.1 g/mol. The average Bonchev–Trinajstić information content (AvgIpc) is 1.65. The normalized spacial score (nSPS) is 11.2. The van der Waals surface area contributed by atoms with Gasteiger partial charge in [0.1, 0.15) is 0 Å². The molecule has 0 aliphatic carbocycles. The molecule has 0 rings (SSSR count). The standard InChI is InChI=1S/C5H8O/c1-3-5(6)4-2/h3-4,6H,1H2,2H3/p-1. The zero-order chi connectivity index (χ0) is 4.99. The molecule has 0 amide bonds. The highest BCUT2D eigenvalue weighted by Crippen LogP contribution is 1.77. The van der Waals surface area contributed by atoms with Gasteiger partial charge >= 0.3 is 0 Å². The topological polar surface area (TPSA) is 23.1 Å². The van der Waals surface area contributed by atoms with Crippen LogP contribution in [0, 0.1) is 0 Å². The fraction of sp³-hybridized carbons (Fsp3) is 0.200. The minimum absolute atomic E-state index is 0.0185. The number of rotatable bonds is 1. The van der Waals surface area contributed by atoms with E-state index in [0.29, 0.717) is 0 Å². The fourth-order valence-electron chi connectivity index (χ4n) is 0.118. The Bertz CT molecular complexity index is 72.0. The van der Waals surface area contributed by atoms with Gasteiger partial charge in [-0.1, -0.05) is 18.7 Å². The molecule has 0 spiro atoms. The third-order valence-electron chi connectivity index (χ3n) is 0.486. The van der Waals surface area contributed by atoms with E-state index < -0.39 is 0 Å². The molecule has 0 fully saturated rings. The molecule has 6 heavy (non-hydrogen) atoms. The lowest BCUT2D eigenvalue weighted by Crippen LogP contribution is -1.97. The van der Waals surface area contributed by atoms with Crippen molar-refractivity contribution in [2.45, 2.75) is 6.92 Å². The first-order valence-corrected chi connectivity index (χ1v) is 1.77. The van der Waals surface area contributed by atoms with Crippen molar-refractivity contribution in [2.75, 3.05) is 0 Å². The summed E-state index contributed by atoms with van der Waals surface area (Å²) < 4.78 is 0. The third-order valence-corrected chi connectivity index (χ3v) is 0.486. The van der Waals surface area contributed by atoms with Crippen molar-refractivity contribution in [2.24, 2.45) is 0 Å². The van der Waals surface area contributed by atoms with Crippen LogP contribution < -0.4 is 5.11 Å². The van der Waals surface area contributed by atoms with E-state index in [-0.39, 0.29) is 5.76 Å². The van der Waals surface area contributed by atoms with Gasteiger partial charge in [0.2, 0.25) is 0 Å². The summed E-state index contributed by atoms with van der Waals surface area (Å²) in [6, 6.07) is 0. The number of allylic oxidation sites excluding steroid dienone is 2. The van der Waals surface area contributed by atoms with Crippen LogP contribution in [0.15, 0.2) is 24.5 Å². The first-order chi connectivity index (χ1) is 2.81. The smallest absolute Gasteiger partial charge is 0.0473 e. The van der Waals surface area contributed by atoms with Crippen molar-refractivity contribution in [1.29, 1.82) is 0 Å². The first-order valence-electron chi connectivity index (χ1n) is 1.77. The number of hydrogen-bond donors (Lipinski definition) is 0. The Kier molecular flexibility index (Phi) is 2.21. The predicted molar refractivity (Wildman–Crippen MR) is 24.0 cm³/mol. The summed E-state index contributed by atoms with van der Waals surface area (Å²) in [6.07, 6.45) is 2.74. The summed E-state index contributed by atoms with van der Waals surface area (Å²) >= 11 is 0. The van der Waals surface area contributed by atoms with E-state index in [4.69, 9.17) is 0 Å². The van der Waals surface area contributed by atoms with Crippen LogP contribution in [-0.2, 0) is 0 Å². The second kappa shape index (κ2) is 2.51. The maximum absolute atomic E-state index is 10.0. The molecule has 1 nitrogen and oxygen atoms in total. The quantitative estimate of drug-likeness (QED) is 0.333. The average molecular weight is 83.1 g/mol. The van der Waals surface area contributed by atoms with Crippen LogP contribution in [-0.4, -0.2) is 0 Å². The molecule has 0 N–H and O–H groups in total. The highest BCUT2D eigenvalue weighted by molar-refractivity contribution is 5.02. The minimum atomic E-state index is -0.0185. The predicted octanol–water partition coefficient (Wildman–Crippen LogP) is 0.436. The van der Waals surface area contributed by atoms with Crippen LogP contribution in [0.2, 0.25) is 0 Å². The summed E-state index contributed by atoms with van der Waals surface area (Å²) in [5.41, 5.74) is 0. The highest BCUT2D eigenvalue weighted by atomic mass is 16.3. The van der Waals surface area contributed by atoms with Crippen LogP contribution >= 0.6 is 0 Å². The largest absolute Gasteiger partial charge is 0.873 e. The van der Waals surface area contributed by atoms with Gasteiger partial charge in [0.05, 0.1) is 0 Å². The molecule has 0 heterocycles. The Morgan fingerprint density at radius 3 is 2.33 bits per heavy atom. The summed E-state index contributed by atoms with van der Waals surface area (Å²) in [5, 5.41) is 10.0. The molecule has 0 aliphatic rings. The van der Waals surface area contributed by atoms with Gasteiger partial charge in [-0.25, -0.2) is 0 Å². The Balaban J connectivity index is 3.50. The highest BCUT2D eigenvalue weighted by Gasteiger charge is 1.55. The van der Waals surface area contributed by atoms with Crippen molar-refractivity contribution < 1.29 is 5.11 Å². The fourth-order valence-corrected chi connectivity index (χ4v) is 0.118. The zero-order valence-electron chi connectivity index (χ0n) is 3.77. The summed E-state index contributed by atoms with van der Waals surface area (Å²) in [4.78, 5) is 0. The third kappa shape index (κ3) is 1.58. The lowest BCUT2D eigenvalue weighted by atomic mass is 10.5. The summed E-state index contributed by atoms with van der Waals surface area (Å²) in [6.45, 7) is 4.94. The minimum Gasteiger partial charge on any atom is -0.873 e. The Hall–Kier alpha value is -0.720. The van der Waals surface area contributed by atoms with E-state index >= 15 is 0 Å². The number of hydrogen-bond acceptors (Lipinski definition) is 1. The first kappa shape index (κ1) is 5.28. The van der Waals surface area contributed by atoms with Crippen molar-refractivity contribution >= 4 is 0 Å². The van der Waals surface area contributed by atoms with Crippen molar-refractivity contribution in [3.05, 3.63) is 24.5 Å². The van der Waals surface area contributed by atoms with Gasteiger partial charge in [0.25, 0.3) is 0 Å². The van der Waals surface area contributed by atoms with E-state index in [1.54, 1.807) is 6.92 Å². The summed E-state index contributed by atoms with van der Waals surface area (Å²) in [7, 11) is 0. The van der Waals surface area contributed by atoms with Crippen molar-refractivity contribution in [1.82, 2.24) is 0 Å².